The van der Waals surface area contributed by atoms with Crippen LogP contribution in [0.25, 0.3) is 0 Å². The van der Waals surface area contributed by atoms with E-state index in [-0.39, 0.29) is 11.4 Å². The van der Waals surface area contributed by atoms with E-state index in [9.17, 15) is 4.39 Å². The molecular formula is C14H19FN2. The molecule has 0 atom stereocenters. The van der Waals surface area contributed by atoms with Crippen LogP contribution in [0.15, 0.2) is 18.2 Å². The highest BCUT2D eigenvalue weighted by Crippen LogP contribution is 2.39. The number of hydrogen-bond donors (Lipinski definition) is 1. The van der Waals surface area contributed by atoms with Gasteiger partial charge in [-0.15, -0.1) is 0 Å². The number of nitrogens with two attached hydrogens (primary N) is 1. The zero-order valence-electron chi connectivity index (χ0n) is 10.1. The second kappa shape index (κ2) is 3.98. The summed E-state index contributed by atoms with van der Waals surface area (Å²) in [5, 5.41) is 0. The molecule has 0 aromatic heterocycles. The minimum absolute atomic E-state index is 0.0916. The zero-order chi connectivity index (χ0) is 11.9. The minimum Gasteiger partial charge on any atom is -0.371 e. The van der Waals surface area contributed by atoms with Crippen molar-refractivity contribution in [2.45, 2.75) is 37.6 Å². The summed E-state index contributed by atoms with van der Waals surface area (Å²) in [5.41, 5.74) is 7.90. The Morgan fingerprint density at radius 3 is 2.59 bits per heavy atom. The predicted octanol–water partition coefficient (Wildman–Crippen LogP) is 2.46. The van der Waals surface area contributed by atoms with E-state index >= 15 is 0 Å². The Balaban J connectivity index is 1.92. The highest BCUT2D eigenvalue weighted by Gasteiger charge is 2.39. The summed E-state index contributed by atoms with van der Waals surface area (Å²) in [6.07, 6.45) is 5.17. The monoisotopic (exact) mass is 234 g/mol. The third-order valence-electron chi connectivity index (χ3n) is 3.96. The Hall–Kier alpha value is -1.09. The largest absolute Gasteiger partial charge is 0.371 e. The van der Waals surface area contributed by atoms with Gasteiger partial charge in [0.1, 0.15) is 5.82 Å². The van der Waals surface area contributed by atoms with Gasteiger partial charge in [0.25, 0.3) is 0 Å². The van der Waals surface area contributed by atoms with Gasteiger partial charge in [-0.1, -0.05) is 6.07 Å². The maximum Gasteiger partial charge on any atom is 0.128 e. The molecule has 0 amide bonds. The second-order valence-corrected chi connectivity index (χ2v) is 5.47. The topological polar surface area (TPSA) is 29.3 Å². The van der Waals surface area contributed by atoms with Crippen LogP contribution in [0, 0.1) is 5.82 Å². The predicted molar refractivity (Wildman–Crippen MR) is 67.7 cm³/mol. The van der Waals surface area contributed by atoms with Crippen LogP contribution < -0.4 is 10.6 Å². The quantitative estimate of drug-likeness (QED) is 0.870. The van der Waals surface area contributed by atoms with Crippen LogP contribution in [0.1, 0.15) is 31.2 Å². The van der Waals surface area contributed by atoms with E-state index in [1.54, 1.807) is 6.07 Å². The van der Waals surface area contributed by atoms with E-state index < -0.39 is 0 Å². The summed E-state index contributed by atoms with van der Waals surface area (Å²) < 4.78 is 14.0. The van der Waals surface area contributed by atoms with Gasteiger partial charge < -0.3 is 10.6 Å². The Bertz CT molecular complexity index is 420. The molecule has 1 aliphatic carbocycles. The van der Waals surface area contributed by atoms with Crippen molar-refractivity contribution in [3.63, 3.8) is 0 Å². The van der Waals surface area contributed by atoms with Crippen molar-refractivity contribution >= 4 is 5.69 Å². The van der Waals surface area contributed by atoms with E-state index in [1.807, 2.05) is 12.1 Å². The lowest BCUT2D eigenvalue weighted by molar-refractivity contribution is 0.581. The minimum atomic E-state index is -0.128. The molecule has 0 bridgehead atoms. The lowest BCUT2D eigenvalue weighted by atomic mass is 10.0. The normalized spacial score (nSPS) is 21.9. The maximum absolute atomic E-state index is 14.0. The average molecular weight is 234 g/mol. The summed E-state index contributed by atoms with van der Waals surface area (Å²) in [6.45, 7) is 2.10. The fourth-order valence-electron chi connectivity index (χ4n) is 2.67. The molecule has 17 heavy (non-hydrogen) atoms. The van der Waals surface area contributed by atoms with Crippen LogP contribution in [-0.2, 0) is 6.42 Å². The molecule has 92 valence electrons. The summed E-state index contributed by atoms with van der Waals surface area (Å²) >= 11 is 0. The highest BCUT2D eigenvalue weighted by molar-refractivity contribution is 5.55. The van der Waals surface area contributed by atoms with Crippen molar-refractivity contribution in [3.8, 4) is 0 Å². The van der Waals surface area contributed by atoms with Crippen molar-refractivity contribution in [3.05, 3.63) is 29.6 Å². The van der Waals surface area contributed by atoms with Crippen molar-refractivity contribution in [1.29, 1.82) is 0 Å². The number of halogens is 1. The van der Waals surface area contributed by atoms with E-state index in [1.165, 1.54) is 12.8 Å². The van der Waals surface area contributed by atoms with Gasteiger partial charge in [0.2, 0.25) is 0 Å². The molecule has 0 radical (unpaired) electrons. The third kappa shape index (κ3) is 2.16. The van der Waals surface area contributed by atoms with Crippen molar-refractivity contribution in [2.75, 3.05) is 18.0 Å². The molecule has 1 heterocycles. The van der Waals surface area contributed by atoms with Crippen molar-refractivity contribution < 1.29 is 4.39 Å². The maximum atomic E-state index is 14.0. The standard InChI is InChI=1S/C14H19FN2/c15-12-4-3-5-13(17-8-1-2-9-17)11(12)10-14(16)6-7-14/h3-5H,1-2,6-10,16H2. The van der Waals surface area contributed by atoms with Gasteiger partial charge in [0.05, 0.1) is 0 Å². The Labute approximate surface area is 102 Å². The number of hydrogen-bond acceptors (Lipinski definition) is 2. The fraction of sp³-hybridized carbons (Fsp3) is 0.571. The van der Waals surface area contributed by atoms with Crippen LogP contribution >= 0.6 is 0 Å². The van der Waals surface area contributed by atoms with E-state index in [0.29, 0.717) is 6.42 Å². The molecule has 1 saturated carbocycles. The molecule has 3 rings (SSSR count). The average Bonchev–Trinajstić information content (AvgIpc) is 2.82. The van der Waals surface area contributed by atoms with Crippen LogP contribution in [0.3, 0.4) is 0 Å². The Morgan fingerprint density at radius 2 is 1.94 bits per heavy atom. The zero-order valence-corrected chi connectivity index (χ0v) is 10.1. The lowest BCUT2D eigenvalue weighted by Crippen LogP contribution is -2.27. The number of benzene rings is 1. The number of nitrogens with zero attached hydrogens (tertiary/aromatic N) is 1. The molecule has 2 N–H and O–H groups in total. The molecule has 0 unspecified atom stereocenters. The molecule has 3 heteroatoms. The summed E-state index contributed by atoms with van der Waals surface area (Å²) in [7, 11) is 0. The van der Waals surface area contributed by atoms with E-state index in [4.69, 9.17) is 5.73 Å². The highest BCUT2D eigenvalue weighted by atomic mass is 19.1. The molecular weight excluding hydrogens is 215 g/mol. The summed E-state index contributed by atoms with van der Waals surface area (Å²) in [4.78, 5) is 2.30. The van der Waals surface area contributed by atoms with Crippen LogP contribution in [-0.4, -0.2) is 18.6 Å². The molecule has 1 saturated heterocycles. The number of anilines is 1. The third-order valence-corrected chi connectivity index (χ3v) is 3.96. The summed E-state index contributed by atoms with van der Waals surface area (Å²) in [6, 6.07) is 5.40. The smallest absolute Gasteiger partial charge is 0.128 e. The van der Waals surface area contributed by atoms with Gasteiger partial charge in [-0.2, -0.15) is 0 Å². The van der Waals surface area contributed by atoms with Crippen LogP contribution in [0.5, 0.6) is 0 Å². The van der Waals surface area contributed by atoms with Crippen molar-refractivity contribution in [1.82, 2.24) is 0 Å². The molecule has 2 aliphatic rings. The van der Waals surface area contributed by atoms with E-state index in [0.717, 1.165) is 37.2 Å². The first-order valence-electron chi connectivity index (χ1n) is 6.49. The first-order valence-corrected chi connectivity index (χ1v) is 6.49. The second-order valence-electron chi connectivity index (χ2n) is 5.47. The first kappa shape index (κ1) is 11.0. The molecule has 2 fully saturated rings. The van der Waals surface area contributed by atoms with Crippen LogP contribution in [0.4, 0.5) is 10.1 Å². The lowest BCUT2D eigenvalue weighted by Gasteiger charge is -2.23. The first-order chi connectivity index (χ1) is 8.18. The van der Waals surface area contributed by atoms with Gasteiger partial charge in [-0.3, -0.25) is 0 Å². The SMILES string of the molecule is NC1(Cc2c(F)cccc2N2CCCC2)CC1. The van der Waals surface area contributed by atoms with E-state index in [2.05, 4.69) is 4.90 Å². The molecule has 0 spiro atoms. The van der Waals surface area contributed by atoms with Crippen LogP contribution in [0.2, 0.25) is 0 Å². The molecule has 2 nitrogen and oxygen atoms in total. The summed E-state index contributed by atoms with van der Waals surface area (Å²) in [5.74, 6) is -0.0916. The number of rotatable bonds is 3. The van der Waals surface area contributed by atoms with Crippen molar-refractivity contribution in [2.24, 2.45) is 5.73 Å². The molecule has 1 aromatic rings. The van der Waals surface area contributed by atoms with Gasteiger partial charge >= 0.3 is 0 Å². The van der Waals surface area contributed by atoms with Gasteiger partial charge in [-0.25, -0.2) is 4.39 Å². The van der Waals surface area contributed by atoms with Gasteiger partial charge in [0, 0.05) is 29.9 Å². The molecule has 1 aliphatic heterocycles. The Kier molecular flexibility index (Phi) is 2.58. The molecule has 1 aromatic carbocycles. The van der Waals surface area contributed by atoms with Gasteiger partial charge in [-0.05, 0) is 44.2 Å². The fourth-order valence-corrected chi connectivity index (χ4v) is 2.67. The van der Waals surface area contributed by atoms with Gasteiger partial charge in [0.15, 0.2) is 0 Å². The Morgan fingerprint density at radius 1 is 1.24 bits per heavy atom.